The molecule has 0 aliphatic carbocycles. The molecule has 1 aromatic heterocycles. The van der Waals surface area contributed by atoms with Crippen LogP contribution in [0.4, 0.5) is 5.00 Å². The average molecular weight is 435 g/mol. The highest BCUT2D eigenvalue weighted by atomic mass is 32.2. The van der Waals surface area contributed by atoms with Crippen molar-refractivity contribution >= 4 is 57.3 Å². The van der Waals surface area contributed by atoms with Crippen LogP contribution in [-0.2, 0) is 16.9 Å². The third-order valence-electron chi connectivity index (χ3n) is 4.26. The van der Waals surface area contributed by atoms with E-state index >= 15 is 0 Å². The molecule has 0 radical (unpaired) electrons. The van der Waals surface area contributed by atoms with Gasteiger partial charge in [-0.3, -0.25) is 10.1 Å². The van der Waals surface area contributed by atoms with Crippen LogP contribution in [0, 0.1) is 0 Å². The molecule has 1 aliphatic heterocycles. The van der Waals surface area contributed by atoms with Gasteiger partial charge in [-0.2, -0.15) is 0 Å². The molecule has 0 spiro atoms. The fourth-order valence-corrected chi connectivity index (χ4v) is 5.58. The molecule has 0 atom stereocenters. The van der Waals surface area contributed by atoms with Gasteiger partial charge in [-0.1, -0.05) is 32.0 Å². The van der Waals surface area contributed by atoms with Crippen LogP contribution in [0.3, 0.4) is 0 Å². The maximum Gasteiger partial charge on any atom is 0.341 e. The van der Waals surface area contributed by atoms with Crippen molar-refractivity contribution in [2.75, 3.05) is 11.9 Å². The van der Waals surface area contributed by atoms with Gasteiger partial charge in [-0.05, 0) is 43.3 Å². The number of carbonyl (C=O) groups is 2. The largest absolute Gasteiger partial charge is 0.462 e. The number of benzene rings is 1. The fourth-order valence-electron chi connectivity index (χ4n) is 2.96. The molecular formula is C20H22N2O3S3. The van der Waals surface area contributed by atoms with Crippen molar-refractivity contribution in [3.8, 4) is 0 Å². The summed E-state index contributed by atoms with van der Waals surface area (Å²) in [5, 5.41) is 6.50. The topological polar surface area (TPSA) is 67.4 Å². The normalized spacial score (nSPS) is 14.7. The lowest BCUT2D eigenvalue weighted by Crippen LogP contribution is -2.34. The van der Waals surface area contributed by atoms with Crippen LogP contribution in [0.1, 0.15) is 51.9 Å². The Kier molecular flexibility index (Phi) is 6.42. The van der Waals surface area contributed by atoms with E-state index in [1.165, 1.54) is 11.3 Å². The zero-order valence-corrected chi connectivity index (χ0v) is 18.4. The highest BCUT2D eigenvalue weighted by molar-refractivity contribution is 8.00. The Bertz CT molecular complexity index is 907. The number of fused-ring (bicyclic) bond motifs is 1. The molecule has 3 rings (SSSR count). The first-order valence-electron chi connectivity index (χ1n) is 8.93. The molecule has 2 heterocycles. The summed E-state index contributed by atoms with van der Waals surface area (Å²) in [5.41, 5.74) is 2.07. The monoisotopic (exact) mass is 434 g/mol. The minimum absolute atomic E-state index is 0.0502. The molecule has 1 aromatic carbocycles. The van der Waals surface area contributed by atoms with Crippen molar-refractivity contribution in [1.82, 2.24) is 5.32 Å². The van der Waals surface area contributed by atoms with E-state index in [4.69, 9.17) is 17.0 Å². The molecular weight excluding hydrogens is 412 g/mol. The van der Waals surface area contributed by atoms with Crippen LogP contribution in [0.15, 0.2) is 30.3 Å². The molecule has 28 heavy (non-hydrogen) atoms. The molecule has 2 aromatic rings. The molecule has 5 nitrogen and oxygen atoms in total. The van der Waals surface area contributed by atoms with Crippen LogP contribution < -0.4 is 10.6 Å². The van der Waals surface area contributed by atoms with Crippen molar-refractivity contribution in [1.29, 1.82) is 0 Å². The number of esters is 1. The Morgan fingerprint density at radius 3 is 2.64 bits per heavy atom. The number of thioether (sulfide) groups is 1. The quantitative estimate of drug-likeness (QED) is 0.541. The van der Waals surface area contributed by atoms with Gasteiger partial charge in [-0.15, -0.1) is 23.1 Å². The van der Waals surface area contributed by atoms with Gasteiger partial charge < -0.3 is 10.1 Å². The summed E-state index contributed by atoms with van der Waals surface area (Å²) < 4.78 is 5.33. The lowest BCUT2D eigenvalue weighted by molar-refractivity contribution is 0.0526. The van der Waals surface area contributed by atoms with Crippen molar-refractivity contribution in [2.24, 2.45) is 0 Å². The first-order valence-corrected chi connectivity index (χ1v) is 11.1. The molecule has 0 fully saturated rings. The second kappa shape index (κ2) is 8.63. The second-order valence-electron chi connectivity index (χ2n) is 6.93. The van der Waals surface area contributed by atoms with Crippen molar-refractivity contribution in [3.05, 3.63) is 51.9 Å². The van der Waals surface area contributed by atoms with Crippen LogP contribution >= 0.6 is 35.3 Å². The second-order valence-corrected chi connectivity index (χ2v) is 10.1. The van der Waals surface area contributed by atoms with Gasteiger partial charge in [0.2, 0.25) is 0 Å². The van der Waals surface area contributed by atoms with E-state index in [2.05, 4.69) is 24.5 Å². The van der Waals surface area contributed by atoms with E-state index < -0.39 is 0 Å². The van der Waals surface area contributed by atoms with Crippen LogP contribution in [0.25, 0.3) is 0 Å². The Balaban J connectivity index is 1.83. The maximum absolute atomic E-state index is 12.6. The van der Waals surface area contributed by atoms with E-state index in [-0.39, 0.29) is 21.7 Å². The van der Waals surface area contributed by atoms with Crippen LogP contribution in [0.2, 0.25) is 0 Å². The third kappa shape index (κ3) is 4.74. The summed E-state index contributed by atoms with van der Waals surface area (Å²) in [4.78, 5) is 26.1. The predicted molar refractivity (Wildman–Crippen MR) is 119 cm³/mol. The highest BCUT2D eigenvalue weighted by Crippen LogP contribution is 2.46. The molecule has 2 N–H and O–H groups in total. The number of anilines is 1. The molecule has 0 bridgehead atoms. The Hall–Kier alpha value is -1.90. The predicted octanol–water partition coefficient (Wildman–Crippen LogP) is 4.62. The first-order chi connectivity index (χ1) is 13.3. The Morgan fingerprint density at radius 2 is 1.96 bits per heavy atom. The molecule has 148 valence electrons. The summed E-state index contributed by atoms with van der Waals surface area (Å²) in [6, 6.07) is 8.85. The number of rotatable bonds is 4. The van der Waals surface area contributed by atoms with E-state index in [9.17, 15) is 9.59 Å². The third-order valence-corrected chi connectivity index (χ3v) is 7.15. The van der Waals surface area contributed by atoms with Gasteiger partial charge >= 0.3 is 5.97 Å². The van der Waals surface area contributed by atoms with E-state index in [0.29, 0.717) is 22.7 Å². The first kappa shape index (κ1) is 20.8. The smallest absolute Gasteiger partial charge is 0.341 e. The standard InChI is InChI=1S/C20H22N2O3S3/c1-4-25-18(24)15-13-10-20(2,3)27-11-14(13)28-17(15)22-19(26)21-16(23)12-8-6-5-7-9-12/h5-9H,4,10-11H2,1-3H3,(H2,21,22,23,26). The number of nitrogens with one attached hydrogen (secondary N) is 2. The number of carbonyl (C=O) groups excluding carboxylic acids is 2. The fraction of sp³-hybridized carbons (Fsp3) is 0.350. The Morgan fingerprint density at radius 1 is 1.25 bits per heavy atom. The summed E-state index contributed by atoms with van der Waals surface area (Å²) in [7, 11) is 0. The molecule has 8 heteroatoms. The molecule has 0 unspecified atom stereocenters. The van der Waals surface area contributed by atoms with Crippen LogP contribution in [-0.4, -0.2) is 28.3 Å². The van der Waals surface area contributed by atoms with Crippen molar-refractivity contribution in [3.63, 3.8) is 0 Å². The number of thiocarbonyl (C=S) groups is 1. The zero-order valence-electron chi connectivity index (χ0n) is 16.0. The maximum atomic E-state index is 12.6. The number of thiophene rings is 1. The van der Waals surface area contributed by atoms with Gasteiger partial charge in [0.1, 0.15) is 5.00 Å². The Labute approximate surface area is 178 Å². The van der Waals surface area contributed by atoms with E-state index in [0.717, 1.165) is 22.6 Å². The minimum atomic E-state index is -0.359. The van der Waals surface area contributed by atoms with Gasteiger partial charge in [0, 0.05) is 20.9 Å². The number of amides is 1. The molecule has 0 saturated heterocycles. The number of ether oxygens (including phenoxy) is 1. The molecule has 0 saturated carbocycles. The minimum Gasteiger partial charge on any atom is -0.462 e. The van der Waals surface area contributed by atoms with E-state index in [1.807, 2.05) is 17.8 Å². The van der Waals surface area contributed by atoms with Crippen molar-refractivity contribution in [2.45, 2.75) is 37.7 Å². The lowest BCUT2D eigenvalue weighted by Gasteiger charge is -2.29. The van der Waals surface area contributed by atoms with Gasteiger partial charge in [0.25, 0.3) is 5.91 Å². The SMILES string of the molecule is CCOC(=O)c1c(NC(=S)NC(=O)c2ccccc2)sc2c1CC(C)(C)SC2. The van der Waals surface area contributed by atoms with Gasteiger partial charge in [-0.25, -0.2) is 4.79 Å². The number of hydrogen-bond donors (Lipinski definition) is 2. The van der Waals surface area contributed by atoms with Crippen molar-refractivity contribution < 1.29 is 14.3 Å². The van der Waals surface area contributed by atoms with Gasteiger partial charge in [0.05, 0.1) is 12.2 Å². The van der Waals surface area contributed by atoms with Gasteiger partial charge in [0.15, 0.2) is 5.11 Å². The summed E-state index contributed by atoms with van der Waals surface area (Å²) in [6.45, 7) is 6.43. The summed E-state index contributed by atoms with van der Waals surface area (Å²) in [5.74, 6) is 0.181. The zero-order chi connectivity index (χ0) is 20.3. The highest BCUT2D eigenvalue weighted by Gasteiger charge is 2.34. The molecule has 1 amide bonds. The summed E-state index contributed by atoms with van der Waals surface area (Å²) >= 11 is 8.68. The average Bonchev–Trinajstić information content (AvgIpc) is 2.98. The molecule has 1 aliphatic rings. The summed E-state index contributed by atoms with van der Waals surface area (Å²) in [6.07, 6.45) is 0.780. The van der Waals surface area contributed by atoms with E-state index in [1.54, 1.807) is 31.2 Å². The van der Waals surface area contributed by atoms with Crippen LogP contribution in [0.5, 0.6) is 0 Å². The lowest BCUT2D eigenvalue weighted by atomic mass is 9.98. The number of hydrogen-bond acceptors (Lipinski definition) is 6.